The van der Waals surface area contributed by atoms with Crippen LogP contribution in [0.3, 0.4) is 0 Å². The Labute approximate surface area is 142 Å². The summed E-state index contributed by atoms with van der Waals surface area (Å²) in [7, 11) is 1.55. The van der Waals surface area contributed by atoms with Gasteiger partial charge in [-0.25, -0.2) is 9.38 Å². The van der Waals surface area contributed by atoms with Crippen LogP contribution in [0.4, 0.5) is 10.1 Å². The summed E-state index contributed by atoms with van der Waals surface area (Å²) in [5.41, 5.74) is 0.840. The van der Waals surface area contributed by atoms with E-state index in [9.17, 15) is 14.0 Å². The second-order valence-electron chi connectivity index (χ2n) is 5.04. The Balaban J connectivity index is 1.96. The zero-order valence-corrected chi connectivity index (χ0v) is 13.9. The average Bonchev–Trinajstić information content (AvgIpc) is 2.85. The summed E-state index contributed by atoms with van der Waals surface area (Å²) in [5.74, 6) is -1.32. The quantitative estimate of drug-likeness (QED) is 0.477. The number of halogens is 1. The van der Waals surface area contributed by atoms with Gasteiger partial charge in [-0.15, -0.1) is 0 Å². The molecule has 0 saturated heterocycles. The van der Waals surface area contributed by atoms with Crippen molar-refractivity contribution in [1.29, 1.82) is 0 Å². The predicted octanol–water partition coefficient (Wildman–Crippen LogP) is 3.32. The third-order valence-corrected chi connectivity index (χ3v) is 4.32. The van der Waals surface area contributed by atoms with E-state index in [0.29, 0.717) is 16.3 Å². The molecule has 0 saturated carbocycles. The fourth-order valence-corrected chi connectivity index (χ4v) is 2.97. The van der Waals surface area contributed by atoms with E-state index in [4.69, 9.17) is 0 Å². The smallest absolute Gasteiger partial charge is 0.267 e. The van der Waals surface area contributed by atoms with E-state index < -0.39 is 17.6 Å². The second-order valence-corrected chi connectivity index (χ2v) is 5.81. The van der Waals surface area contributed by atoms with E-state index >= 15 is 0 Å². The molecule has 1 aliphatic heterocycles. The van der Waals surface area contributed by atoms with Crippen LogP contribution in [0.1, 0.15) is 20.7 Å². The van der Waals surface area contributed by atoms with Crippen molar-refractivity contribution < 1.29 is 14.0 Å². The Hall–Kier alpha value is -2.67. The number of carbonyl (C=O) groups excluding carboxylic acids is 2. The molecule has 0 unspecified atom stereocenters. The maximum Gasteiger partial charge on any atom is 0.280 e. The summed E-state index contributed by atoms with van der Waals surface area (Å²) in [6, 6.07) is 12.7. The lowest BCUT2D eigenvalue weighted by molar-refractivity contribution is 0.0369. The summed E-state index contributed by atoms with van der Waals surface area (Å²) in [6.07, 6.45) is 1.74. The van der Waals surface area contributed by atoms with Crippen molar-refractivity contribution in [2.75, 3.05) is 13.3 Å². The van der Waals surface area contributed by atoms with E-state index in [-0.39, 0.29) is 5.69 Å². The van der Waals surface area contributed by atoms with Crippen molar-refractivity contribution in [2.45, 2.75) is 0 Å². The van der Waals surface area contributed by atoms with Gasteiger partial charge in [-0.3, -0.25) is 14.6 Å². The van der Waals surface area contributed by atoms with E-state index in [2.05, 4.69) is 4.99 Å². The summed E-state index contributed by atoms with van der Waals surface area (Å²) in [6.45, 7) is 0. The first-order chi connectivity index (χ1) is 11.5. The highest BCUT2D eigenvalue weighted by atomic mass is 32.2. The van der Waals surface area contributed by atoms with Crippen LogP contribution in [0.5, 0.6) is 0 Å². The standard InChI is InChI=1S/C17H14FN3O2S/c1-20(17(24-2)19-14-10-6-5-9-13(14)18)21-15(22)11-7-3-4-8-12(11)16(21)23/h3-10H,1-2H3. The fraction of sp³-hybridized carbons (Fsp3) is 0.118. The van der Waals surface area contributed by atoms with Gasteiger partial charge in [0.05, 0.1) is 11.1 Å². The van der Waals surface area contributed by atoms with Crippen molar-refractivity contribution in [3.63, 3.8) is 0 Å². The van der Waals surface area contributed by atoms with Gasteiger partial charge >= 0.3 is 0 Å². The third kappa shape index (κ3) is 2.67. The van der Waals surface area contributed by atoms with Gasteiger partial charge < -0.3 is 0 Å². The van der Waals surface area contributed by atoms with Gasteiger partial charge in [-0.2, -0.15) is 5.01 Å². The number of hydrazine groups is 1. The molecule has 122 valence electrons. The molecular weight excluding hydrogens is 329 g/mol. The number of nitrogens with zero attached hydrogens (tertiary/aromatic N) is 3. The maximum atomic E-state index is 13.8. The first-order valence-electron chi connectivity index (χ1n) is 7.13. The van der Waals surface area contributed by atoms with Crippen LogP contribution in [-0.4, -0.2) is 40.3 Å². The zero-order chi connectivity index (χ0) is 17.3. The molecule has 0 fully saturated rings. The summed E-state index contributed by atoms with van der Waals surface area (Å²) in [4.78, 5) is 29.3. The highest BCUT2D eigenvalue weighted by Crippen LogP contribution is 2.26. The monoisotopic (exact) mass is 343 g/mol. The molecule has 24 heavy (non-hydrogen) atoms. The molecule has 3 rings (SSSR count). The molecule has 0 N–H and O–H groups in total. The molecule has 1 heterocycles. The maximum absolute atomic E-state index is 13.8. The Morgan fingerprint density at radius 2 is 1.58 bits per heavy atom. The number of hydrogen-bond donors (Lipinski definition) is 0. The van der Waals surface area contributed by atoms with E-state index in [1.807, 2.05) is 0 Å². The second kappa shape index (κ2) is 6.45. The van der Waals surface area contributed by atoms with Crippen molar-refractivity contribution in [1.82, 2.24) is 10.0 Å². The van der Waals surface area contributed by atoms with Crippen LogP contribution in [0.15, 0.2) is 53.5 Å². The molecule has 2 aromatic rings. The molecular formula is C17H14FN3O2S. The Morgan fingerprint density at radius 1 is 1.04 bits per heavy atom. The summed E-state index contributed by atoms with van der Waals surface area (Å²) in [5, 5.41) is 2.69. The number of amidine groups is 1. The molecule has 0 bridgehead atoms. The summed E-state index contributed by atoms with van der Waals surface area (Å²) >= 11 is 1.21. The minimum Gasteiger partial charge on any atom is -0.267 e. The SMILES string of the molecule is CSC(=Nc1ccccc1F)N(C)N1C(=O)c2ccccc2C1=O. The van der Waals surface area contributed by atoms with Gasteiger partial charge in [0, 0.05) is 7.05 Å². The van der Waals surface area contributed by atoms with E-state index in [1.165, 1.54) is 28.9 Å². The molecule has 0 radical (unpaired) electrons. The minimum atomic E-state index is -0.472. The van der Waals surface area contributed by atoms with E-state index in [0.717, 1.165) is 5.01 Å². The number of fused-ring (bicyclic) bond motifs is 1. The normalized spacial score (nSPS) is 14.1. The van der Waals surface area contributed by atoms with Crippen LogP contribution < -0.4 is 0 Å². The predicted molar refractivity (Wildman–Crippen MR) is 91.7 cm³/mol. The number of benzene rings is 2. The van der Waals surface area contributed by atoms with Gasteiger partial charge in [-0.05, 0) is 30.5 Å². The minimum absolute atomic E-state index is 0.144. The van der Waals surface area contributed by atoms with Crippen LogP contribution in [0.25, 0.3) is 0 Å². The number of amides is 2. The fourth-order valence-electron chi connectivity index (χ4n) is 2.43. The lowest BCUT2D eigenvalue weighted by atomic mass is 10.1. The van der Waals surface area contributed by atoms with Gasteiger partial charge in [0.1, 0.15) is 11.5 Å². The zero-order valence-electron chi connectivity index (χ0n) is 13.1. The van der Waals surface area contributed by atoms with E-state index in [1.54, 1.807) is 49.7 Å². The molecule has 0 spiro atoms. The molecule has 5 nitrogen and oxygen atoms in total. The number of aliphatic imine (C=N–C) groups is 1. The topological polar surface area (TPSA) is 53.0 Å². The molecule has 0 aromatic heterocycles. The van der Waals surface area contributed by atoms with Crippen LogP contribution in [0, 0.1) is 5.82 Å². The van der Waals surface area contributed by atoms with Gasteiger partial charge in [0.2, 0.25) is 0 Å². The van der Waals surface area contributed by atoms with Crippen LogP contribution in [0.2, 0.25) is 0 Å². The van der Waals surface area contributed by atoms with Crippen LogP contribution in [-0.2, 0) is 0 Å². The Bertz CT molecular complexity index is 818. The number of rotatable bonds is 2. The number of carbonyl (C=O) groups is 2. The number of imide groups is 1. The molecule has 2 aromatic carbocycles. The van der Waals surface area contributed by atoms with Crippen molar-refractivity contribution in [3.8, 4) is 0 Å². The number of thioether (sulfide) groups is 1. The average molecular weight is 343 g/mol. The lowest BCUT2D eigenvalue weighted by Gasteiger charge is -2.27. The Morgan fingerprint density at radius 3 is 2.12 bits per heavy atom. The van der Waals surface area contributed by atoms with Gasteiger partial charge in [0.25, 0.3) is 11.8 Å². The van der Waals surface area contributed by atoms with Crippen molar-refractivity contribution in [3.05, 3.63) is 65.5 Å². The first kappa shape index (κ1) is 16.2. The molecule has 2 amide bonds. The Kier molecular flexibility index (Phi) is 4.35. The van der Waals surface area contributed by atoms with Crippen molar-refractivity contribution >= 4 is 34.4 Å². The number of para-hydroxylation sites is 1. The molecule has 1 aliphatic rings. The largest absolute Gasteiger partial charge is 0.280 e. The highest BCUT2D eigenvalue weighted by molar-refractivity contribution is 8.13. The molecule has 7 heteroatoms. The lowest BCUT2D eigenvalue weighted by Crippen LogP contribution is -2.46. The van der Waals surface area contributed by atoms with Crippen LogP contribution >= 0.6 is 11.8 Å². The first-order valence-corrected chi connectivity index (χ1v) is 8.35. The van der Waals surface area contributed by atoms with Gasteiger partial charge in [-0.1, -0.05) is 36.0 Å². The molecule has 0 aliphatic carbocycles. The van der Waals surface area contributed by atoms with Gasteiger partial charge in [0.15, 0.2) is 5.17 Å². The van der Waals surface area contributed by atoms with Crippen molar-refractivity contribution in [2.24, 2.45) is 4.99 Å². The molecule has 0 atom stereocenters. The third-order valence-electron chi connectivity index (χ3n) is 3.60. The summed E-state index contributed by atoms with van der Waals surface area (Å²) < 4.78 is 13.8. The number of hydrogen-bond acceptors (Lipinski definition) is 4. The highest BCUT2D eigenvalue weighted by Gasteiger charge is 2.39.